The Kier molecular flexibility index (Phi) is 1.82. The van der Waals surface area contributed by atoms with Crippen LogP contribution < -0.4 is 10.2 Å². The summed E-state index contributed by atoms with van der Waals surface area (Å²) in [4.78, 5) is 10.5. The van der Waals surface area contributed by atoms with Gasteiger partial charge in [-0.25, -0.2) is 9.97 Å². The second kappa shape index (κ2) is 3.17. The maximum Gasteiger partial charge on any atom is 0.158 e. The number of rotatable bonds is 1. The van der Waals surface area contributed by atoms with Gasteiger partial charge in [0.25, 0.3) is 0 Å². The average Bonchev–Trinajstić information content (AvgIpc) is 2.28. The van der Waals surface area contributed by atoms with Crippen LogP contribution in [0.3, 0.4) is 0 Å². The third-order valence-corrected chi connectivity index (χ3v) is 3.00. The Morgan fingerprint density at radius 1 is 1.33 bits per heavy atom. The molecule has 2 atom stereocenters. The molecule has 3 saturated heterocycles. The lowest BCUT2D eigenvalue weighted by Crippen LogP contribution is -2.67. The molecule has 0 spiro atoms. The molecule has 0 aliphatic carbocycles. The van der Waals surface area contributed by atoms with Gasteiger partial charge in [-0.2, -0.15) is 5.26 Å². The first kappa shape index (κ1) is 8.62. The lowest BCUT2D eigenvalue weighted by molar-refractivity contribution is 0.225. The van der Waals surface area contributed by atoms with E-state index in [4.69, 9.17) is 5.26 Å². The number of piperazine rings is 1. The zero-order valence-corrected chi connectivity index (χ0v) is 8.22. The minimum atomic E-state index is 0.374. The van der Waals surface area contributed by atoms with Crippen molar-refractivity contribution in [2.75, 3.05) is 18.0 Å². The number of piperidine rings is 1. The summed E-state index contributed by atoms with van der Waals surface area (Å²) in [5.74, 6) is 0.880. The molecular formula is C10H11N5. The fourth-order valence-corrected chi connectivity index (χ4v) is 2.24. The standard InChI is InChI=1S/C10H11N5/c11-2-9-3-13-10(4-12-9)15-5-7-1-8(6-15)14-7/h3-4,7-8,14H,1,5-6H2. The van der Waals surface area contributed by atoms with E-state index in [0.29, 0.717) is 17.8 Å². The number of fused-ring (bicyclic) bond motifs is 2. The first-order valence-corrected chi connectivity index (χ1v) is 5.08. The fraction of sp³-hybridized carbons (Fsp3) is 0.500. The molecule has 4 heterocycles. The van der Waals surface area contributed by atoms with Crippen molar-refractivity contribution in [3.05, 3.63) is 18.1 Å². The summed E-state index contributed by atoms with van der Waals surface area (Å²) in [6.07, 6.45) is 4.49. The van der Waals surface area contributed by atoms with E-state index in [2.05, 4.69) is 20.2 Å². The molecule has 15 heavy (non-hydrogen) atoms. The van der Waals surface area contributed by atoms with Crippen LogP contribution in [0.5, 0.6) is 0 Å². The second-order valence-electron chi connectivity index (χ2n) is 4.07. The van der Waals surface area contributed by atoms with E-state index in [1.807, 2.05) is 6.07 Å². The monoisotopic (exact) mass is 201 g/mol. The number of hydrogen-bond acceptors (Lipinski definition) is 5. The molecule has 1 aromatic heterocycles. The molecule has 3 aliphatic rings. The molecule has 76 valence electrons. The summed E-state index contributed by atoms with van der Waals surface area (Å²) < 4.78 is 0. The molecule has 1 aromatic rings. The molecule has 0 radical (unpaired) electrons. The van der Waals surface area contributed by atoms with Crippen LogP contribution in [-0.4, -0.2) is 35.1 Å². The summed E-state index contributed by atoms with van der Waals surface area (Å²) in [7, 11) is 0. The van der Waals surface area contributed by atoms with Crippen molar-refractivity contribution in [2.45, 2.75) is 18.5 Å². The normalized spacial score (nSPS) is 28.1. The zero-order valence-electron chi connectivity index (χ0n) is 8.22. The van der Waals surface area contributed by atoms with Crippen molar-refractivity contribution in [1.82, 2.24) is 15.3 Å². The highest BCUT2D eigenvalue weighted by Gasteiger charge is 2.36. The Morgan fingerprint density at radius 2 is 2.07 bits per heavy atom. The number of nitriles is 1. The van der Waals surface area contributed by atoms with Gasteiger partial charge in [-0.1, -0.05) is 0 Å². The van der Waals surface area contributed by atoms with E-state index in [9.17, 15) is 0 Å². The van der Waals surface area contributed by atoms with Gasteiger partial charge >= 0.3 is 0 Å². The first-order valence-electron chi connectivity index (χ1n) is 5.08. The van der Waals surface area contributed by atoms with Crippen LogP contribution in [0.4, 0.5) is 5.82 Å². The Bertz CT molecular complexity index is 391. The van der Waals surface area contributed by atoms with Gasteiger partial charge in [0, 0.05) is 25.2 Å². The van der Waals surface area contributed by atoms with Crippen LogP contribution in [0, 0.1) is 11.3 Å². The SMILES string of the molecule is N#Cc1cnc(N2CC3CC(C2)N3)cn1. The van der Waals surface area contributed by atoms with Crippen LogP contribution in [0.2, 0.25) is 0 Å². The topological polar surface area (TPSA) is 64.8 Å². The number of hydrogen-bond donors (Lipinski definition) is 1. The van der Waals surface area contributed by atoms with Crippen LogP contribution in [0.1, 0.15) is 12.1 Å². The van der Waals surface area contributed by atoms with Crippen molar-refractivity contribution >= 4 is 5.82 Å². The summed E-state index contributed by atoms with van der Waals surface area (Å²) >= 11 is 0. The quantitative estimate of drug-likeness (QED) is 0.687. The molecule has 0 amide bonds. The summed E-state index contributed by atoms with van der Waals surface area (Å²) in [6, 6.07) is 3.19. The van der Waals surface area contributed by atoms with Gasteiger partial charge in [0.05, 0.1) is 12.4 Å². The molecule has 4 rings (SSSR count). The third kappa shape index (κ3) is 1.43. The lowest BCUT2D eigenvalue weighted by Gasteiger charge is -2.48. The van der Waals surface area contributed by atoms with Crippen molar-refractivity contribution in [3.63, 3.8) is 0 Å². The molecule has 2 unspecified atom stereocenters. The van der Waals surface area contributed by atoms with E-state index < -0.39 is 0 Å². The van der Waals surface area contributed by atoms with Crippen LogP contribution >= 0.6 is 0 Å². The lowest BCUT2D eigenvalue weighted by atomic mass is 9.91. The smallest absolute Gasteiger partial charge is 0.158 e. The largest absolute Gasteiger partial charge is 0.352 e. The Hall–Kier alpha value is -1.67. The maximum absolute atomic E-state index is 8.61. The van der Waals surface area contributed by atoms with Gasteiger partial charge in [0.2, 0.25) is 0 Å². The van der Waals surface area contributed by atoms with Crippen LogP contribution in [0.25, 0.3) is 0 Å². The van der Waals surface area contributed by atoms with Gasteiger partial charge in [0.1, 0.15) is 11.9 Å². The average molecular weight is 201 g/mol. The van der Waals surface area contributed by atoms with E-state index in [0.717, 1.165) is 18.9 Å². The molecule has 3 aliphatic heterocycles. The van der Waals surface area contributed by atoms with E-state index >= 15 is 0 Å². The van der Waals surface area contributed by atoms with Gasteiger partial charge in [-0.15, -0.1) is 0 Å². The molecule has 2 bridgehead atoms. The molecule has 5 heteroatoms. The number of nitrogens with one attached hydrogen (secondary N) is 1. The first-order chi connectivity index (χ1) is 7.35. The third-order valence-electron chi connectivity index (χ3n) is 3.00. The van der Waals surface area contributed by atoms with E-state index in [1.165, 1.54) is 12.6 Å². The molecular weight excluding hydrogens is 190 g/mol. The zero-order chi connectivity index (χ0) is 10.3. The highest BCUT2D eigenvalue weighted by atomic mass is 15.3. The Labute approximate surface area is 87.8 Å². The van der Waals surface area contributed by atoms with Crippen molar-refractivity contribution < 1.29 is 0 Å². The maximum atomic E-state index is 8.61. The molecule has 0 aromatic carbocycles. The van der Waals surface area contributed by atoms with Gasteiger partial charge in [0.15, 0.2) is 5.69 Å². The minimum Gasteiger partial charge on any atom is -0.352 e. The number of nitrogens with zero attached hydrogens (tertiary/aromatic N) is 4. The molecule has 5 nitrogen and oxygen atoms in total. The van der Waals surface area contributed by atoms with E-state index in [1.54, 1.807) is 6.20 Å². The van der Waals surface area contributed by atoms with Gasteiger partial charge < -0.3 is 10.2 Å². The van der Waals surface area contributed by atoms with Crippen molar-refractivity contribution in [1.29, 1.82) is 5.26 Å². The highest BCUT2D eigenvalue weighted by Crippen LogP contribution is 2.24. The summed E-state index contributed by atoms with van der Waals surface area (Å²) in [5.41, 5.74) is 0.374. The molecule has 0 saturated carbocycles. The van der Waals surface area contributed by atoms with E-state index in [-0.39, 0.29) is 0 Å². The fourth-order valence-electron chi connectivity index (χ4n) is 2.24. The van der Waals surface area contributed by atoms with Crippen molar-refractivity contribution in [3.8, 4) is 6.07 Å². The van der Waals surface area contributed by atoms with Crippen LogP contribution in [0.15, 0.2) is 12.4 Å². The molecule has 3 fully saturated rings. The highest BCUT2D eigenvalue weighted by molar-refractivity contribution is 5.40. The van der Waals surface area contributed by atoms with Crippen molar-refractivity contribution in [2.24, 2.45) is 0 Å². The second-order valence-corrected chi connectivity index (χ2v) is 4.07. The number of anilines is 1. The summed E-state index contributed by atoms with van der Waals surface area (Å²) in [6.45, 7) is 1.99. The van der Waals surface area contributed by atoms with Gasteiger partial charge in [-0.05, 0) is 6.42 Å². The Balaban J connectivity index is 1.78. The Morgan fingerprint density at radius 3 is 2.60 bits per heavy atom. The predicted octanol–water partition coefficient (Wildman–Crippen LogP) is -0.101. The number of aromatic nitrogens is 2. The van der Waals surface area contributed by atoms with Crippen LogP contribution in [-0.2, 0) is 0 Å². The minimum absolute atomic E-state index is 0.374. The molecule has 1 N–H and O–H groups in total. The predicted molar refractivity (Wildman–Crippen MR) is 54.3 cm³/mol. The summed E-state index contributed by atoms with van der Waals surface area (Å²) in [5, 5.41) is 12.1. The van der Waals surface area contributed by atoms with Gasteiger partial charge in [-0.3, -0.25) is 0 Å².